The van der Waals surface area contributed by atoms with Crippen LogP contribution in [0.3, 0.4) is 0 Å². The Morgan fingerprint density at radius 1 is 0.623 bits per heavy atom. The molecule has 2 atom stereocenters. The van der Waals surface area contributed by atoms with E-state index >= 15 is 4.79 Å². The predicted molar refractivity (Wildman–Crippen MR) is 305 cm³/mol. The number of hydrogen-bond acceptors (Lipinski definition) is 10. The Hall–Kier alpha value is -8.55. The molecular weight excluding hydrogens is 1020 g/mol. The summed E-state index contributed by atoms with van der Waals surface area (Å²) in [5.74, 6) is -1.61. The first-order valence-electron chi connectivity index (χ1n) is 25.1. The zero-order chi connectivity index (χ0) is 52.6. The van der Waals surface area contributed by atoms with Crippen LogP contribution in [0.5, 0.6) is 0 Å². The molecule has 2 amide bonds. The van der Waals surface area contributed by atoms with Gasteiger partial charge in [-0.25, -0.2) is 9.78 Å². The number of carbonyl (C=O) groups is 3. The molecule has 0 aliphatic carbocycles. The standard InChI is InChI=1S/C64H50ClN5O5S2/c65-41-46-42-76-60-55(59(72)70(60)56(46)61(73)74-57(44-25-9-1-10-26-44)45-27-11-2-12-28-45)67-58(71)54(69-75-64(50-35-19-6-20-36-50,51-37-21-7-22-38-51)52-39-23-8-24-40-52)53-43-77-62(66-53)68-63(47-29-13-3-14-30-47,48-31-15-4-16-32-48)49-33-17-5-18-34-49/h1-40,43,55,57,60H,41-42H2,(H,66,68)(H,67,71)/t55?,60-/m0/s1. The summed E-state index contributed by atoms with van der Waals surface area (Å²) in [5, 5.41) is 13.3. The number of esters is 1. The van der Waals surface area contributed by atoms with Crippen LogP contribution in [0.25, 0.3) is 0 Å². The van der Waals surface area contributed by atoms with Gasteiger partial charge in [-0.3, -0.25) is 14.5 Å². The summed E-state index contributed by atoms with van der Waals surface area (Å²) in [4.78, 5) is 58.0. The zero-order valence-electron chi connectivity index (χ0n) is 41.4. The third kappa shape index (κ3) is 9.95. The predicted octanol–water partition coefficient (Wildman–Crippen LogP) is 12.5. The van der Waals surface area contributed by atoms with E-state index < -0.39 is 46.4 Å². The van der Waals surface area contributed by atoms with Gasteiger partial charge >= 0.3 is 5.97 Å². The molecule has 2 aliphatic heterocycles. The molecule has 0 spiro atoms. The number of aromatic nitrogens is 1. The number of nitrogens with one attached hydrogen (secondary N) is 2. The second kappa shape index (κ2) is 22.7. The Morgan fingerprint density at radius 3 is 1.47 bits per heavy atom. The van der Waals surface area contributed by atoms with Crippen LogP contribution in [-0.2, 0) is 35.1 Å². The van der Waals surface area contributed by atoms with Gasteiger partial charge in [0, 0.05) is 33.7 Å². The largest absolute Gasteiger partial charge is 0.448 e. The molecule has 2 N–H and O–H groups in total. The van der Waals surface area contributed by atoms with E-state index in [0.717, 1.165) is 44.5 Å². The summed E-state index contributed by atoms with van der Waals surface area (Å²) in [7, 11) is 0. The van der Waals surface area contributed by atoms with E-state index in [0.29, 0.717) is 16.5 Å². The molecule has 10 nitrogen and oxygen atoms in total. The Labute approximate surface area is 460 Å². The van der Waals surface area contributed by atoms with Crippen molar-refractivity contribution in [1.29, 1.82) is 0 Å². The number of hydrogen-bond donors (Lipinski definition) is 2. The van der Waals surface area contributed by atoms with Crippen LogP contribution < -0.4 is 10.6 Å². The van der Waals surface area contributed by atoms with Gasteiger partial charge < -0.3 is 20.2 Å². The molecule has 3 heterocycles. The first kappa shape index (κ1) is 50.6. The van der Waals surface area contributed by atoms with Crippen molar-refractivity contribution in [3.05, 3.63) is 310 Å². The van der Waals surface area contributed by atoms with Crippen molar-refractivity contribution in [2.45, 2.75) is 28.7 Å². The Kier molecular flexibility index (Phi) is 14.9. The number of oxime groups is 1. The lowest BCUT2D eigenvalue weighted by Crippen LogP contribution is -2.71. The number of thioether (sulfide) groups is 1. The molecule has 9 aromatic rings. The topological polar surface area (TPSA) is 122 Å². The molecule has 0 saturated carbocycles. The normalized spacial score (nSPS) is 15.5. The zero-order valence-corrected chi connectivity index (χ0v) is 43.8. The summed E-state index contributed by atoms with van der Waals surface area (Å²) in [6, 6.07) is 77.4. The molecule has 1 saturated heterocycles. The molecule has 11 rings (SSSR count). The van der Waals surface area contributed by atoms with Crippen molar-refractivity contribution in [3.8, 4) is 0 Å². The number of thiazole rings is 1. The van der Waals surface area contributed by atoms with Crippen molar-refractivity contribution in [2.75, 3.05) is 16.9 Å². The van der Waals surface area contributed by atoms with Crippen LogP contribution in [0.15, 0.2) is 264 Å². The minimum atomic E-state index is -1.37. The lowest BCUT2D eigenvalue weighted by molar-refractivity contribution is -0.154. The van der Waals surface area contributed by atoms with Crippen molar-refractivity contribution in [2.24, 2.45) is 5.16 Å². The van der Waals surface area contributed by atoms with Gasteiger partial charge in [-0.15, -0.1) is 34.7 Å². The molecule has 0 bridgehead atoms. The number of ether oxygens (including phenoxy) is 1. The van der Waals surface area contributed by atoms with Gasteiger partial charge in [0.1, 0.15) is 28.3 Å². The van der Waals surface area contributed by atoms with Crippen LogP contribution in [0.4, 0.5) is 5.13 Å². The van der Waals surface area contributed by atoms with E-state index in [-0.39, 0.29) is 23.0 Å². The van der Waals surface area contributed by atoms with E-state index in [1.807, 2.05) is 206 Å². The number of halogens is 1. The average molecular weight is 1070 g/mol. The molecule has 1 fully saturated rings. The maximum Gasteiger partial charge on any atom is 0.356 e. The SMILES string of the molecule is O=C(NC1C(=O)N2C(C(=O)OC(c3ccccc3)c3ccccc3)=C(CCl)CS[C@@H]12)C(=NOC(c1ccccc1)(c1ccccc1)c1ccccc1)c1csc(NC(c2ccccc2)(c2ccccc2)c2ccccc2)n1. The highest BCUT2D eigenvalue weighted by atomic mass is 35.5. The summed E-state index contributed by atoms with van der Waals surface area (Å²) in [6.07, 6.45) is -0.766. The van der Waals surface area contributed by atoms with Gasteiger partial charge in [0.05, 0.1) is 0 Å². The monoisotopic (exact) mass is 1070 g/mol. The highest BCUT2D eigenvalue weighted by Gasteiger charge is 2.55. The summed E-state index contributed by atoms with van der Waals surface area (Å²) < 4.78 is 6.31. The molecule has 380 valence electrons. The number of β-lactam (4-membered cyclic amide) rings is 1. The van der Waals surface area contributed by atoms with E-state index in [9.17, 15) is 9.59 Å². The van der Waals surface area contributed by atoms with Crippen LogP contribution in [0, 0.1) is 0 Å². The fourth-order valence-corrected chi connectivity index (χ4v) is 12.5. The quantitative estimate of drug-likeness (QED) is 0.0218. The summed E-state index contributed by atoms with van der Waals surface area (Å²) in [5.41, 5.74) is 5.02. The van der Waals surface area contributed by atoms with Gasteiger partial charge in [0.2, 0.25) is 5.60 Å². The van der Waals surface area contributed by atoms with Gasteiger partial charge in [0.25, 0.3) is 11.8 Å². The van der Waals surface area contributed by atoms with Crippen molar-refractivity contribution in [1.82, 2.24) is 15.2 Å². The summed E-state index contributed by atoms with van der Waals surface area (Å²) >= 11 is 9.23. The Balaban J connectivity index is 0.979. The number of rotatable bonds is 18. The van der Waals surface area contributed by atoms with Gasteiger partial charge in [-0.2, -0.15) is 0 Å². The van der Waals surface area contributed by atoms with Crippen LogP contribution in [-0.4, -0.2) is 56.4 Å². The lowest BCUT2D eigenvalue weighted by Gasteiger charge is -2.49. The first-order valence-corrected chi connectivity index (χ1v) is 27.5. The molecule has 8 aromatic carbocycles. The second-order valence-electron chi connectivity index (χ2n) is 18.4. The third-order valence-corrected chi connectivity index (χ3v) is 16.2. The van der Waals surface area contributed by atoms with Crippen molar-refractivity contribution < 1.29 is 24.0 Å². The third-order valence-electron chi connectivity index (χ3n) is 13.8. The van der Waals surface area contributed by atoms with Crippen LogP contribution >= 0.6 is 34.7 Å². The minimum Gasteiger partial charge on any atom is -0.448 e. The van der Waals surface area contributed by atoms with Crippen molar-refractivity contribution in [3.63, 3.8) is 0 Å². The van der Waals surface area contributed by atoms with Crippen molar-refractivity contribution >= 4 is 63.3 Å². The van der Waals surface area contributed by atoms with Gasteiger partial charge in [0.15, 0.2) is 16.9 Å². The smallest absolute Gasteiger partial charge is 0.356 e. The van der Waals surface area contributed by atoms with Crippen LogP contribution in [0.2, 0.25) is 0 Å². The van der Waals surface area contributed by atoms with E-state index in [4.69, 9.17) is 31.3 Å². The number of carbonyl (C=O) groups excluding carboxylic acids is 3. The maximum atomic E-state index is 15.4. The fourth-order valence-electron chi connectivity index (χ4n) is 10.1. The maximum absolute atomic E-state index is 15.4. The van der Waals surface area contributed by atoms with E-state index in [2.05, 4.69) is 47.0 Å². The minimum absolute atomic E-state index is 0.00721. The Morgan fingerprint density at radius 2 is 1.04 bits per heavy atom. The summed E-state index contributed by atoms with van der Waals surface area (Å²) in [6.45, 7) is 0. The number of anilines is 1. The van der Waals surface area contributed by atoms with E-state index in [1.54, 1.807) is 5.38 Å². The molecule has 2 aliphatic rings. The number of fused-ring (bicyclic) bond motifs is 1. The number of benzene rings is 8. The molecule has 1 aromatic heterocycles. The molecule has 1 unspecified atom stereocenters. The van der Waals surface area contributed by atoms with Crippen LogP contribution in [0.1, 0.15) is 56.3 Å². The second-order valence-corrected chi connectivity index (χ2v) is 20.6. The molecular formula is C64H50ClN5O5S2. The lowest BCUT2D eigenvalue weighted by atomic mass is 9.77. The highest BCUT2D eigenvalue weighted by molar-refractivity contribution is 8.00. The first-order chi connectivity index (χ1) is 37.9. The van der Waals surface area contributed by atoms with E-state index in [1.165, 1.54) is 28.0 Å². The molecule has 13 heteroatoms. The molecule has 0 radical (unpaired) electrons. The fraction of sp³-hybridized carbons (Fsp3) is 0.109. The Bertz CT molecular complexity index is 3310. The number of nitrogens with zero attached hydrogens (tertiary/aromatic N) is 3. The number of alkyl halides is 1. The van der Waals surface area contributed by atoms with Gasteiger partial charge in [-0.1, -0.05) is 248 Å². The molecule has 77 heavy (non-hydrogen) atoms. The average Bonchev–Trinajstić information content (AvgIpc) is 3.99. The highest BCUT2D eigenvalue weighted by Crippen LogP contribution is 2.45. The van der Waals surface area contributed by atoms with Gasteiger partial charge in [-0.05, 0) is 33.4 Å². The number of amides is 2.